The summed E-state index contributed by atoms with van der Waals surface area (Å²) in [6.07, 6.45) is 0. The lowest BCUT2D eigenvalue weighted by molar-refractivity contribution is -0.135. The second-order valence-corrected chi connectivity index (χ2v) is 6.56. The van der Waals surface area contributed by atoms with Crippen LogP contribution in [0.3, 0.4) is 0 Å². The maximum atomic E-state index is 12.6. The van der Waals surface area contributed by atoms with Gasteiger partial charge in [-0.3, -0.25) is 19.3 Å². The third kappa shape index (κ3) is 3.70. The van der Waals surface area contributed by atoms with Gasteiger partial charge in [-0.2, -0.15) is 0 Å². The van der Waals surface area contributed by atoms with Crippen LogP contribution in [0.1, 0.15) is 12.5 Å². The topological polar surface area (TPSA) is 87.7 Å². The first-order chi connectivity index (χ1) is 13.3. The van der Waals surface area contributed by atoms with Crippen molar-refractivity contribution in [2.45, 2.75) is 6.92 Å². The maximum Gasteiger partial charge on any atom is 0.277 e. The average molecular weight is 400 g/mol. The number of likely N-dealkylation sites (N-methyl/N-ethyl adjacent to an activating group) is 1. The molecule has 2 N–H and O–H groups in total. The summed E-state index contributed by atoms with van der Waals surface area (Å²) in [4.78, 5) is 37.4. The van der Waals surface area contributed by atoms with Gasteiger partial charge in [0.25, 0.3) is 11.8 Å². The Morgan fingerprint density at radius 2 is 1.68 bits per heavy atom. The first kappa shape index (κ1) is 19.4. The third-order valence-corrected chi connectivity index (χ3v) is 4.50. The molecular weight excluding hydrogens is 382 g/mol. The molecule has 144 valence electrons. The molecule has 0 bridgehead atoms. The van der Waals surface area contributed by atoms with Crippen LogP contribution in [0.2, 0.25) is 5.02 Å². The quantitative estimate of drug-likeness (QED) is 0.754. The Kier molecular flexibility index (Phi) is 5.37. The highest BCUT2D eigenvalue weighted by Gasteiger charge is 2.36. The Morgan fingerprint density at radius 1 is 1.04 bits per heavy atom. The zero-order valence-electron chi connectivity index (χ0n) is 15.5. The molecule has 2 aromatic carbocycles. The smallest absolute Gasteiger partial charge is 0.277 e. The summed E-state index contributed by atoms with van der Waals surface area (Å²) in [6, 6.07) is 11.7. The van der Waals surface area contributed by atoms with Gasteiger partial charge in [0.1, 0.15) is 11.4 Å². The van der Waals surface area contributed by atoms with E-state index in [1.54, 1.807) is 42.5 Å². The lowest BCUT2D eigenvalue weighted by Crippen LogP contribution is -2.27. The van der Waals surface area contributed by atoms with Crippen LogP contribution in [0.5, 0.6) is 5.75 Å². The van der Waals surface area contributed by atoms with Crippen LogP contribution in [0, 0.1) is 0 Å². The van der Waals surface area contributed by atoms with E-state index in [-0.39, 0.29) is 17.2 Å². The number of hydrogen-bond acceptors (Lipinski definition) is 5. The first-order valence-corrected chi connectivity index (χ1v) is 8.75. The van der Waals surface area contributed by atoms with Crippen molar-refractivity contribution < 1.29 is 19.1 Å². The van der Waals surface area contributed by atoms with E-state index in [4.69, 9.17) is 16.3 Å². The number of nitrogens with one attached hydrogen (secondary N) is 2. The summed E-state index contributed by atoms with van der Waals surface area (Å²) in [5.41, 5.74) is 2.09. The van der Waals surface area contributed by atoms with Crippen LogP contribution in [0.15, 0.2) is 48.2 Å². The molecule has 0 radical (unpaired) electrons. The van der Waals surface area contributed by atoms with Crippen LogP contribution < -0.4 is 15.4 Å². The molecule has 0 aromatic heterocycles. The standard InChI is InChI=1S/C20H18ClN3O4/c1-11(25)22-13-6-4-12(5-7-13)17-18(20(27)24(2)19(17)26)23-14-8-9-16(28-3)15(21)10-14/h4-10,23H,1-3H3,(H,22,25). The number of carbonyl (C=O) groups excluding carboxylic acids is 3. The normalized spacial score (nSPS) is 13.8. The monoisotopic (exact) mass is 399 g/mol. The summed E-state index contributed by atoms with van der Waals surface area (Å²) in [5, 5.41) is 6.03. The highest BCUT2D eigenvalue weighted by Crippen LogP contribution is 2.32. The van der Waals surface area contributed by atoms with Gasteiger partial charge < -0.3 is 15.4 Å². The highest BCUT2D eigenvalue weighted by molar-refractivity contribution is 6.36. The van der Waals surface area contributed by atoms with Gasteiger partial charge in [-0.1, -0.05) is 23.7 Å². The van der Waals surface area contributed by atoms with Crippen LogP contribution in [-0.2, 0) is 14.4 Å². The van der Waals surface area contributed by atoms with Crippen LogP contribution in [0.25, 0.3) is 5.57 Å². The van der Waals surface area contributed by atoms with Gasteiger partial charge in [0.15, 0.2) is 0 Å². The number of methoxy groups -OCH3 is 1. The van der Waals surface area contributed by atoms with Gasteiger partial charge in [-0.05, 0) is 35.9 Å². The summed E-state index contributed by atoms with van der Waals surface area (Å²) in [5.74, 6) is -0.559. The van der Waals surface area contributed by atoms with Crippen molar-refractivity contribution in [1.29, 1.82) is 0 Å². The summed E-state index contributed by atoms with van der Waals surface area (Å²) in [7, 11) is 2.93. The van der Waals surface area contributed by atoms with Crippen molar-refractivity contribution in [3.8, 4) is 5.75 Å². The minimum Gasteiger partial charge on any atom is -0.495 e. The van der Waals surface area contributed by atoms with E-state index in [1.807, 2.05) is 0 Å². The minimum atomic E-state index is -0.446. The van der Waals surface area contributed by atoms with Gasteiger partial charge >= 0.3 is 0 Å². The van der Waals surface area contributed by atoms with E-state index in [0.29, 0.717) is 27.7 Å². The molecule has 28 heavy (non-hydrogen) atoms. The molecule has 3 amide bonds. The second-order valence-electron chi connectivity index (χ2n) is 6.15. The number of ether oxygens (including phenoxy) is 1. The summed E-state index contributed by atoms with van der Waals surface area (Å²) >= 11 is 6.14. The molecule has 7 nitrogen and oxygen atoms in total. The highest BCUT2D eigenvalue weighted by atomic mass is 35.5. The van der Waals surface area contributed by atoms with E-state index >= 15 is 0 Å². The Labute approximate surface area is 166 Å². The average Bonchev–Trinajstić information content (AvgIpc) is 2.86. The molecule has 1 aliphatic rings. The Balaban J connectivity index is 2.00. The lowest BCUT2D eigenvalue weighted by atomic mass is 10.0. The molecule has 1 heterocycles. The van der Waals surface area contributed by atoms with Crippen LogP contribution in [0.4, 0.5) is 11.4 Å². The van der Waals surface area contributed by atoms with Crippen molar-refractivity contribution in [2.24, 2.45) is 0 Å². The predicted molar refractivity (Wildman–Crippen MR) is 107 cm³/mol. The molecule has 0 saturated carbocycles. The number of benzene rings is 2. The number of anilines is 2. The molecule has 0 atom stereocenters. The van der Waals surface area contributed by atoms with Gasteiger partial charge in [-0.15, -0.1) is 0 Å². The molecule has 8 heteroatoms. The number of rotatable bonds is 5. The fourth-order valence-electron chi connectivity index (χ4n) is 2.84. The molecule has 0 unspecified atom stereocenters. The number of halogens is 1. The Bertz CT molecular complexity index is 999. The van der Waals surface area contributed by atoms with E-state index in [2.05, 4.69) is 10.6 Å². The predicted octanol–water partition coefficient (Wildman–Crippen LogP) is 3.13. The number of imide groups is 1. The molecule has 0 saturated heterocycles. The van der Waals surface area contributed by atoms with Crippen molar-refractivity contribution in [2.75, 3.05) is 24.8 Å². The second kappa shape index (κ2) is 7.74. The third-order valence-electron chi connectivity index (χ3n) is 4.20. The SMILES string of the molecule is COc1ccc(NC2=C(c3ccc(NC(C)=O)cc3)C(=O)N(C)C2=O)cc1Cl. The minimum absolute atomic E-state index is 0.154. The van der Waals surface area contributed by atoms with Crippen molar-refractivity contribution in [3.63, 3.8) is 0 Å². The van der Waals surface area contributed by atoms with Gasteiger partial charge in [0, 0.05) is 25.3 Å². The number of hydrogen-bond donors (Lipinski definition) is 2. The van der Waals surface area contributed by atoms with Crippen LogP contribution >= 0.6 is 11.6 Å². The number of carbonyl (C=O) groups is 3. The molecule has 0 aliphatic carbocycles. The molecule has 0 fully saturated rings. The summed E-state index contributed by atoms with van der Waals surface area (Å²) < 4.78 is 5.12. The Hall–Kier alpha value is -3.32. The fourth-order valence-corrected chi connectivity index (χ4v) is 3.09. The van der Waals surface area contributed by atoms with E-state index in [9.17, 15) is 14.4 Å². The first-order valence-electron chi connectivity index (χ1n) is 8.37. The van der Waals surface area contributed by atoms with Gasteiger partial charge in [-0.25, -0.2) is 0 Å². The van der Waals surface area contributed by atoms with Crippen molar-refractivity contribution in [1.82, 2.24) is 4.90 Å². The largest absolute Gasteiger partial charge is 0.495 e. The lowest BCUT2D eigenvalue weighted by Gasteiger charge is -2.11. The summed E-state index contributed by atoms with van der Waals surface area (Å²) in [6.45, 7) is 1.41. The molecule has 1 aliphatic heterocycles. The molecule has 0 spiro atoms. The Morgan fingerprint density at radius 3 is 2.25 bits per heavy atom. The van der Waals surface area contributed by atoms with Gasteiger partial charge in [0.05, 0.1) is 17.7 Å². The molecule has 3 rings (SSSR count). The molecule has 2 aromatic rings. The maximum absolute atomic E-state index is 12.6. The van der Waals surface area contributed by atoms with Crippen LogP contribution in [-0.4, -0.2) is 36.8 Å². The number of amides is 3. The fraction of sp³-hybridized carbons (Fsp3) is 0.150. The zero-order valence-corrected chi connectivity index (χ0v) is 16.3. The zero-order chi connectivity index (χ0) is 20.4. The number of nitrogens with zero attached hydrogens (tertiary/aromatic N) is 1. The van der Waals surface area contributed by atoms with E-state index in [1.165, 1.54) is 21.1 Å². The van der Waals surface area contributed by atoms with Crippen molar-refractivity contribution >= 4 is 46.3 Å². The van der Waals surface area contributed by atoms with Crippen molar-refractivity contribution in [3.05, 3.63) is 58.7 Å². The van der Waals surface area contributed by atoms with Gasteiger partial charge in [0.2, 0.25) is 5.91 Å². The molecular formula is C20H18ClN3O4. The van der Waals surface area contributed by atoms with E-state index in [0.717, 1.165) is 4.90 Å². The van der Waals surface area contributed by atoms with E-state index < -0.39 is 11.8 Å².